The maximum atomic E-state index is 12.5. The van der Waals surface area contributed by atoms with Crippen LogP contribution in [0.25, 0.3) is 0 Å². The van der Waals surface area contributed by atoms with Crippen molar-refractivity contribution in [3.05, 3.63) is 52.7 Å². The Labute approximate surface area is 161 Å². The number of carbonyl (C=O) groups is 2. The molecule has 2 aliphatic rings. The molecule has 8 heteroatoms. The quantitative estimate of drug-likeness (QED) is 0.841. The molecule has 2 amide bonds. The van der Waals surface area contributed by atoms with Gasteiger partial charge in [-0.05, 0) is 30.2 Å². The van der Waals surface area contributed by atoms with E-state index in [1.54, 1.807) is 23.1 Å². The highest BCUT2D eigenvalue weighted by Crippen LogP contribution is 2.30. The monoisotopic (exact) mass is 386 g/mol. The summed E-state index contributed by atoms with van der Waals surface area (Å²) < 4.78 is 5.29. The number of anilines is 2. The molecule has 2 aromatic rings. The Hall–Kier alpha value is -2.64. The van der Waals surface area contributed by atoms with Crippen LogP contribution in [-0.2, 0) is 16.1 Å². The average Bonchev–Trinajstić information content (AvgIpc) is 3.18. The van der Waals surface area contributed by atoms with Gasteiger partial charge in [0.1, 0.15) is 0 Å². The molecule has 1 saturated heterocycles. The molecule has 1 aromatic heterocycles. The molecule has 2 N–H and O–H groups in total. The van der Waals surface area contributed by atoms with E-state index in [1.807, 2.05) is 12.1 Å². The summed E-state index contributed by atoms with van der Waals surface area (Å²) in [5, 5.41) is 6.58. The summed E-state index contributed by atoms with van der Waals surface area (Å²) in [5.74, 6) is 0.288. The van der Waals surface area contributed by atoms with E-state index < -0.39 is 0 Å². The number of nitrogens with zero attached hydrogens (tertiary/aromatic N) is 2. The summed E-state index contributed by atoms with van der Waals surface area (Å²) in [5.41, 5.74) is 1.95. The van der Waals surface area contributed by atoms with Gasteiger partial charge in [0.25, 0.3) is 5.91 Å². The number of hydrogen-bond acceptors (Lipinski definition) is 5. The normalized spacial score (nSPS) is 18.8. The Morgan fingerprint density at radius 2 is 2.19 bits per heavy atom. The number of benzene rings is 1. The predicted octanol–water partition coefficient (Wildman–Crippen LogP) is 2.21. The Balaban J connectivity index is 1.58. The first-order chi connectivity index (χ1) is 13.1. The lowest BCUT2D eigenvalue weighted by Crippen LogP contribution is -2.40. The zero-order valence-corrected chi connectivity index (χ0v) is 15.3. The lowest BCUT2D eigenvalue weighted by atomic mass is 10.1. The molecule has 2 aliphatic heterocycles. The van der Waals surface area contributed by atoms with Gasteiger partial charge in [-0.2, -0.15) is 0 Å². The highest BCUT2D eigenvalue weighted by molar-refractivity contribution is 6.30. The van der Waals surface area contributed by atoms with Gasteiger partial charge in [-0.3, -0.25) is 9.59 Å². The van der Waals surface area contributed by atoms with Crippen LogP contribution in [0.5, 0.6) is 0 Å². The van der Waals surface area contributed by atoms with Crippen LogP contribution in [0, 0.1) is 0 Å². The molecule has 27 heavy (non-hydrogen) atoms. The van der Waals surface area contributed by atoms with Crippen molar-refractivity contribution in [3.8, 4) is 0 Å². The Morgan fingerprint density at radius 1 is 1.37 bits per heavy atom. The van der Waals surface area contributed by atoms with Gasteiger partial charge >= 0.3 is 0 Å². The molecule has 1 atom stereocenters. The van der Waals surface area contributed by atoms with Crippen LogP contribution in [0.4, 0.5) is 11.5 Å². The average molecular weight is 387 g/mol. The number of nitrogens with one attached hydrogen (secondary N) is 2. The van der Waals surface area contributed by atoms with Crippen LogP contribution in [0.3, 0.4) is 0 Å². The van der Waals surface area contributed by atoms with Gasteiger partial charge in [-0.15, -0.1) is 0 Å². The van der Waals surface area contributed by atoms with Crippen molar-refractivity contribution in [1.29, 1.82) is 0 Å². The van der Waals surface area contributed by atoms with Gasteiger partial charge in [0, 0.05) is 17.8 Å². The molecule has 0 spiro atoms. The molecule has 1 aromatic carbocycles. The van der Waals surface area contributed by atoms with Crippen molar-refractivity contribution in [3.63, 3.8) is 0 Å². The minimum absolute atomic E-state index is 0.0125. The number of ether oxygens (including phenoxy) is 1. The second-order valence-electron chi connectivity index (χ2n) is 6.59. The van der Waals surface area contributed by atoms with Crippen LogP contribution in [0.1, 0.15) is 22.3 Å². The third-order valence-corrected chi connectivity index (χ3v) is 4.90. The molecular weight excluding hydrogens is 368 g/mol. The largest absolute Gasteiger partial charge is 0.379 e. The van der Waals surface area contributed by atoms with Crippen LogP contribution < -0.4 is 15.5 Å². The van der Waals surface area contributed by atoms with Crippen LogP contribution in [0.15, 0.2) is 36.5 Å². The molecular formula is C19H19ClN4O3. The van der Waals surface area contributed by atoms with Gasteiger partial charge in [-0.25, -0.2) is 4.98 Å². The molecule has 3 heterocycles. The van der Waals surface area contributed by atoms with E-state index in [1.165, 1.54) is 6.20 Å². The summed E-state index contributed by atoms with van der Waals surface area (Å²) in [6.07, 6.45) is 2.32. The first kappa shape index (κ1) is 17.8. The van der Waals surface area contributed by atoms with Gasteiger partial charge in [0.15, 0.2) is 5.82 Å². The van der Waals surface area contributed by atoms with Crippen LogP contribution in [0.2, 0.25) is 5.02 Å². The van der Waals surface area contributed by atoms with Crippen LogP contribution >= 0.6 is 11.6 Å². The van der Waals surface area contributed by atoms with Crippen LogP contribution in [-0.4, -0.2) is 42.6 Å². The summed E-state index contributed by atoms with van der Waals surface area (Å²) in [7, 11) is 0. The number of rotatable bonds is 4. The zero-order valence-electron chi connectivity index (χ0n) is 14.6. The lowest BCUT2D eigenvalue weighted by Gasteiger charge is -2.30. The van der Waals surface area contributed by atoms with E-state index in [-0.39, 0.29) is 24.4 Å². The molecule has 0 radical (unpaired) electrons. The van der Waals surface area contributed by atoms with Crippen molar-refractivity contribution in [2.24, 2.45) is 0 Å². The number of halogens is 1. The minimum Gasteiger partial charge on any atom is -0.379 e. The Bertz CT molecular complexity index is 866. The first-order valence-electron chi connectivity index (χ1n) is 8.77. The van der Waals surface area contributed by atoms with Crippen molar-refractivity contribution >= 4 is 34.9 Å². The van der Waals surface area contributed by atoms with Gasteiger partial charge in [-0.1, -0.05) is 23.7 Å². The Morgan fingerprint density at radius 3 is 2.93 bits per heavy atom. The molecule has 1 unspecified atom stereocenters. The number of amides is 2. The zero-order chi connectivity index (χ0) is 18.8. The van der Waals surface area contributed by atoms with Crippen molar-refractivity contribution in [2.45, 2.75) is 19.0 Å². The van der Waals surface area contributed by atoms with E-state index in [9.17, 15) is 9.59 Å². The van der Waals surface area contributed by atoms with E-state index in [0.29, 0.717) is 41.8 Å². The summed E-state index contributed by atoms with van der Waals surface area (Å²) in [6, 6.07) is 9.04. The van der Waals surface area contributed by atoms with E-state index in [0.717, 1.165) is 12.0 Å². The number of aromatic nitrogens is 1. The summed E-state index contributed by atoms with van der Waals surface area (Å²) in [6.45, 7) is 1.72. The SMILES string of the molecule is O=C(NC1CCOC1)c1cnc2c(c1)N(Cc1ccc(Cl)cc1)C(=O)CN2. The first-order valence-corrected chi connectivity index (χ1v) is 9.15. The maximum absolute atomic E-state index is 12.5. The number of carbonyl (C=O) groups excluding carboxylic acids is 2. The standard InChI is InChI=1S/C19H19ClN4O3/c20-14-3-1-12(2-4-14)10-24-16-7-13(8-21-18(16)22-9-17(24)25)19(26)23-15-5-6-27-11-15/h1-4,7-8,15H,5-6,9-11H2,(H,21,22)(H,23,26). The van der Waals surface area contributed by atoms with Crippen molar-refractivity contribution in [2.75, 3.05) is 30.0 Å². The second-order valence-corrected chi connectivity index (χ2v) is 7.02. The fourth-order valence-corrected chi connectivity index (χ4v) is 3.30. The topological polar surface area (TPSA) is 83.6 Å². The van der Waals surface area contributed by atoms with Crippen molar-refractivity contribution < 1.29 is 14.3 Å². The fraction of sp³-hybridized carbons (Fsp3) is 0.316. The number of pyridine rings is 1. The molecule has 0 aliphatic carbocycles. The molecule has 4 rings (SSSR count). The van der Waals surface area contributed by atoms with E-state index >= 15 is 0 Å². The highest BCUT2D eigenvalue weighted by Gasteiger charge is 2.27. The van der Waals surface area contributed by atoms with Crippen molar-refractivity contribution in [1.82, 2.24) is 10.3 Å². The molecule has 1 fully saturated rings. The molecule has 0 saturated carbocycles. The molecule has 7 nitrogen and oxygen atoms in total. The number of fused-ring (bicyclic) bond motifs is 1. The Kier molecular flexibility index (Phi) is 4.96. The summed E-state index contributed by atoms with van der Waals surface area (Å²) in [4.78, 5) is 31.0. The smallest absolute Gasteiger partial charge is 0.253 e. The van der Waals surface area contributed by atoms with Gasteiger partial charge in [0.2, 0.25) is 5.91 Å². The van der Waals surface area contributed by atoms with E-state index in [4.69, 9.17) is 16.3 Å². The molecule has 140 valence electrons. The van der Waals surface area contributed by atoms with E-state index in [2.05, 4.69) is 15.6 Å². The number of hydrogen-bond donors (Lipinski definition) is 2. The molecule has 0 bridgehead atoms. The highest BCUT2D eigenvalue weighted by atomic mass is 35.5. The van der Waals surface area contributed by atoms with Gasteiger partial charge in [0.05, 0.1) is 37.0 Å². The third-order valence-electron chi connectivity index (χ3n) is 4.65. The maximum Gasteiger partial charge on any atom is 0.253 e. The fourth-order valence-electron chi connectivity index (χ4n) is 3.17. The minimum atomic E-state index is -0.217. The second kappa shape index (κ2) is 7.54. The lowest BCUT2D eigenvalue weighted by molar-refractivity contribution is -0.117. The predicted molar refractivity (Wildman–Crippen MR) is 102 cm³/mol. The third kappa shape index (κ3) is 3.89. The van der Waals surface area contributed by atoms with Gasteiger partial charge < -0.3 is 20.3 Å². The summed E-state index contributed by atoms with van der Waals surface area (Å²) >= 11 is 5.94.